The lowest BCUT2D eigenvalue weighted by atomic mass is 9.91. The maximum atomic E-state index is 13.3. The van der Waals surface area contributed by atoms with E-state index in [-0.39, 0.29) is 5.56 Å². The molecule has 1 N–H and O–H groups in total. The summed E-state index contributed by atoms with van der Waals surface area (Å²) in [5.74, 6) is -1.45. The third-order valence-electron chi connectivity index (χ3n) is 3.47. The molecule has 1 atom stereocenters. The summed E-state index contributed by atoms with van der Waals surface area (Å²) in [5.41, 5.74) is -1.00. The Morgan fingerprint density at radius 3 is 2.42 bits per heavy atom. The number of hydrogen-bond donors (Lipinski definition) is 1. The highest BCUT2D eigenvalue weighted by molar-refractivity contribution is 5.82. The summed E-state index contributed by atoms with van der Waals surface area (Å²) in [5, 5.41) is 3.07. The Labute approximate surface area is 111 Å². The van der Waals surface area contributed by atoms with Gasteiger partial charge in [-0.05, 0) is 49.9 Å². The summed E-state index contributed by atoms with van der Waals surface area (Å²) in [6, 6.07) is 3.09. The minimum Gasteiger partial charge on any atom is -0.467 e. The monoisotopic (exact) mass is 269 g/mol. The standard InChI is InChI=1S/C14H17F2NO2/c1-14(13(18)19-2,17-8-9-3-4-9)10-5-11(15)7-12(16)6-10/h5-7,9,17H,3-4,8H2,1-2H3. The number of hydrogen-bond acceptors (Lipinski definition) is 3. The number of rotatable bonds is 5. The van der Waals surface area contributed by atoms with E-state index in [1.165, 1.54) is 7.11 Å². The Balaban J connectivity index is 2.31. The van der Waals surface area contributed by atoms with Gasteiger partial charge in [0.1, 0.15) is 17.2 Å². The van der Waals surface area contributed by atoms with Crippen molar-refractivity contribution in [1.29, 1.82) is 0 Å². The second-order valence-corrected chi connectivity index (χ2v) is 5.10. The summed E-state index contributed by atoms with van der Waals surface area (Å²) in [6.45, 7) is 2.21. The molecule has 0 spiro atoms. The van der Waals surface area contributed by atoms with E-state index >= 15 is 0 Å². The molecule has 19 heavy (non-hydrogen) atoms. The number of nitrogens with one attached hydrogen (secondary N) is 1. The van der Waals surface area contributed by atoms with Gasteiger partial charge in [0, 0.05) is 6.07 Å². The molecule has 0 heterocycles. The molecule has 1 unspecified atom stereocenters. The molecule has 5 heteroatoms. The molecule has 0 aromatic heterocycles. The molecule has 1 aliphatic rings. The Morgan fingerprint density at radius 2 is 1.95 bits per heavy atom. The smallest absolute Gasteiger partial charge is 0.330 e. The highest BCUT2D eigenvalue weighted by atomic mass is 19.1. The van der Waals surface area contributed by atoms with Gasteiger partial charge in [-0.3, -0.25) is 5.32 Å². The molecular weight excluding hydrogens is 252 g/mol. The molecule has 1 fully saturated rings. The summed E-state index contributed by atoms with van der Waals surface area (Å²) < 4.78 is 31.4. The fourth-order valence-corrected chi connectivity index (χ4v) is 2.01. The van der Waals surface area contributed by atoms with Gasteiger partial charge in [0.15, 0.2) is 0 Å². The zero-order valence-electron chi connectivity index (χ0n) is 11.0. The molecular formula is C14H17F2NO2. The van der Waals surface area contributed by atoms with Crippen LogP contribution in [-0.4, -0.2) is 19.6 Å². The molecule has 0 aliphatic heterocycles. The number of carbonyl (C=O) groups excluding carboxylic acids is 1. The summed E-state index contributed by atoms with van der Waals surface area (Å²) in [4.78, 5) is 12.0. The van der Waals surface area contributed by atoms with E-state index < -0.39 is 23.1 Å². The largest absolute Gasteiger partial charge is 0.467 e. The maximum Gasteiger partial charge on any atom is 0.330 e. The van der Waals surface area contributed by atoms with Gasteiger partial charge >= 0.3 is 5.97 Å². The maximum absolute atomic E-state index is 13.3. The Morgan fingerprint density at radius 1 is 1.37 bits per heavy atom. The van der Waals surface area contributed by atoms with Crippen molar-refractivity contribution in [3.63, 3.8) is 0 Å². The average molecular weight is 269 g/mol. The lowest BCUT2D eigenvalue weighted by molar-refractivity contribution is -0.148. The average Bonchev–Trinajstić information content (AvgIpc) is 3.17. The minimum atomic E-state index is -1.24. The van der Waals surface area contributed by atoms with Crippen molar-refractivity contribution in [2.24, 2.45) is 5.92 Å². The highest BCUT2D eigenvalue weighted by Crippen LogP contribution is 2.31. The molecule has 0 radical (unpaired) electrons. The van der Waals surface area contributed by atoms with Crippen molar-refractivity contribution in [2.45, 2.75) is 25.3 Å². The van der Waals surface area contributed by atoms with Crippen LogP contribution in [0.2, 0.25) is 0 Å². The van der Waals surface area contributed by atoms with Gasteiger partial charge < -0.3 is 4.74 Å². The number of carbonyl (C=O) groups is 1. The molecule has 2 rings (SSSR count). The van der Waals surface area contributed by atoms with Crippen LogP contribution in [0.15, 0.2) is 18.2 Å². The van der Waals surface area contributed by atoms with Crippen LogP contribution >= 0.6 is 0 Å². The van der Waals surface area contributed by atoms with Crippen LogP contribution in [0.25, 0.3) is 0 Å². The third kappa shape index (κ3) is 3.10. The van der Waals surface area contributed by atoms with E-state index in [0.29, 0.717) is 12.5 Å². The van der Waals surface area contributed by atoms with Gasteiger partial charge in [0.25, 0.3) is 0 Å². The van der Waals surface area contributed by atoms with Crippen LogP contribution in [0.5, 0.6) is 0 Å². The highest BCUT2D eigenvalue weighted by Gasteiger charge is 2.38. The Hall–Kier alpha value is -1.49. The first-order valence-corrected chi connectivity index (χ1v) is 6.25. The fourth-order valence-electron chi connectivity index (χ4n) is 2.01. The lowest BCUT2D eigenvalue weighted by Crippen LogP contribution is -2.48. The van der Waals surface area contributed by atoms with Crippen LogP contribution in [0, 0.1) is 17.6 Å². The summed E-state index contributed by atoms with van der Waals surface area (Å²) in [6.07, 6.45) is 2.23. The van der Waals surface area contributed by atoms with E-state index in [4.69, 9.17) is 4.74 Å². The third-order valence-corrected chi connectivity index (χ3v) is 3.47. The fraction of sp³-hybridized carbons (Fsp3) is 0.500. The number of esters is 1. The Bertz CT molecular complexity index is 468. The summed E-state index contributed by atoms with van der Waals surface area (Å²) >= 11 is 0. The zero-order chi connectivity index (χ0) is 14.0. The topological polar surface area (TPSA) is 38.3 Å². The van der Waals surface area contributed by atoms with Crippen molar-refractivity contribution in [3.8, 4) is 0 Å². The van der Waals surface area contributed by atoms with Gasteiger partial charge in [0.2, 0.25) is 0 Å². The van der Waals surface area contributed by atoms with Crippen LogP contribution in [0.3, 0.4) is 0 Å². The van der Waals surface area contributed by atoms with Crippen LogP contribution in [0.1, 0.15) is 25.3 Å². The number of halogens is 2. The van der Waals surface area contributed by atoms with Gasteiger partial charge in [0.05, 0.1) is 7.11 Å². The lowest BCUT2D eigenvalue weighted by Gasteiger charge is -2.28. The molecule has 0 saturated heterocycles. The second-order valence-electron chi connectivity index (χ2n) is 5.10. The molecule has 1 saturated carbocycles. The number of methoxy groups -OCH3 is 1. The quantitative estimate of drug-likeness (QED) is 0.834. The zero-order valence-corrected chi connectivity index (χ0v) is 11.0. The van der Waals surface area contributed by atoms with E-state index in [0.717, 1.165) is 31.0 Å². The minimum absolute atomic E-state index is 0.234. The van der Waals surface area contributed by atoms with Gasteiger partial charge in [-0.15, -0.1) is 0 Å². The molecule has 3 nitrogen and oxygen atoms in total. The van der Waals surface area contributed by atoms with Gasteiger partial charge in [-0.25, -0.2) is 13.6 Å². The predicted molar refractivity (Wildman–Crippen MR) is 66.5 cm³/mol. The van der Waals surface area contributed by atoms with Gasteiger partial charge in [-0.1, -0.05) is 0 Å². The van der Waals surface area contributed by atoms with Crippen LogP contribution in [-0.2, 0) is 15.1 Å². The van der Waals surface area contributed by atoms with Crippen molar-refractivity contribution in [3.05, 3.63) is 35.4 Å². The molecule has 0 amide bonds. The first kappa shape index (κ1) is 13.9. The Kier molecular flexibility index (Phi) is 3.85. The van der Waals surface area contributed by atoms with E-state index in [1.807, 2.05) is 0 Å². The number of ether oxygens (including phenoxy) is 1. The molecule has 1 aromatic rings. The van der Waals surface area contributed by atoms with Crippen molar-refractivity contribution in [1.82, 2.24) is 5.32 Å². The SMILES string of the molecule is COC(=O)C(C)(NCC1CC1)c1cc(F)cc(F)c1. The molecule has 1 aromatic carbocycles. The number of benzene rings is 1. The van der Waals surface area contributed by atoms with Crippen molar-refractivity contribution >= 4 is 5.97 Å². The van der Waals surface area contributed by atoms with Gasteiger partial charge in [-0.2, -0.15) is 0 Å². The van der Waals surface area contributed by atoms with Crippen molar-refractivity contribution < 1.29 is 18.3 Å². The predicted octanol–water partition coefficient (Wildman–Crippen LogP) is 2.35. The normalized spacial score (nSPS) is 17.9. The molecule has 0 bridgehead atoms. The summed E-state index contributed by atoms with van der Waals surface area (Å²) in [7, 11) is 1.26. The van der Waals surface area contributed by atoms with Crippen molar-refractivity contribution in [2.75, 3.05) is 13.7 Å². The molecule has 104 valence electrons. The van der Waals surface area contributed by atoms with E-state index in [9.17, 15) is 13.6 Å². The first-order valence-electron chi connectivity index (χ1n) is 6.25. The van der Waals surface area contributed by atoms with E-state index in [1.54, 1.807) is 6.92 Å². The van der Waals surface area contributed by atoms with Crippen LogP contribution < -0.4 is 5.32 Å². The van der Waals surface area contributed by atoms with E-state index in [2.05, 4.69) is 5.32 Å². The van der Waals surface area contributed by atoms with Crippen LogP contribution in [0.4, 0.5) is 8.78 Å². The first-order chi connectivity index (χ1) is 8.95. The molecule has 1 aliphatic carbocycles. The second kappa shape index (κ2) is 5.25.